The fourth-order valence-corrected chi connectivity index (χ4v) is 3.71. The van der Waals surface area contributed by atoms with Gasteiger partial charge in [-0.2, -0.15) is 0 Å². The van der Waals surface area contributed by atoms with Gasteiger partial charge in [-0.05, 0) is 31.4 Å². The smallest absolute Gasteiger partial charge is 0.308 e. The Balaban J connectivity index is 2.35. The minimum atomic E-state index is -3.46. The molecule has 0 bridgehead atoms. The van der Waals surface area contributed by atoms with Crippen LogP contribution in [0.25, 0.3) is 0 Å². The molecule has 2 rings (SSSR count). The molecule has 1 aromatic rings. The van der Waals surface area contributed by atoms with Crippen molar-refractivity contribution < 1.29 is 14.1 Å². The standard InChI is InChI=1S/C14H20N3O3P/c1-11(18)20-14-9-5-8-13(10-14)17(21(15,16)19)12-6-3-2-4-7-12/h2-3,5,8-10,12H,4,6-7H2,1H3,(H4,15,16,19). The van der Waals surface area contributed by atoms with E-state index in [1.807, 2.05) is 6.08 Å². The topological polar surface area (TPSA) is 98.7 Å². The van der Waals surface area contributed by atoms with Gasteiger partial charge in [0.25, 0.3) is 0 Å². The van der Waals surface area contributed by atoms with Crippen molar-refractivity contribution in [2.75, 3.05) is 4.67 Å². The third kappa shape index (κ3) is 4.17. The number of benzene rings is 1. The first-order chi connectivity index (χ1) is 9.88. The first-order valence-corrected chi connectivity index (χ1v) is 8.58. The van der Waals surface area contributed by atoms with Crippen LogP contribution in [0, 0.1) is 0 Å². The Morgan fingerprint density at radius 1 is 1.38 bits per heavy atom. The van der Waals surface area contributed by atoms with Gasteiger partial charge >= 0.3 is 13.6 Å². The maximum absolute atomic E-state index is 12.3. The zero-order chi connectivity index (χ0) is 15.5. The number of nitrogens with zero attached hydrogens (tertiary/aromatic N) is 1. The van der Waals surface area contributed by atoms with Gasteiger partial charge in [0, 0.05) is 24.7 Å². The molecule has 21 heavy (non-hydrogen) atoms. The van der Waals surface area contributed by atoms with Crippen molar-refractivity contribution in [3.8, 4) is 5.75 Å². The average Bonchev–Trinajstić information content (AvgIpc) is 2.38. The Kier molecular flexibility index (Phi) is 4.83. The molecule has 0 spiro atoms. The fraction of sp³-hybridized carbons (Fsp3) is 0.357. The number of carbonyl (C=O) groups is 1. The quantitative estimate of drug-likeness (QED) is 0.384. The molecule has 1 aliphatic carbocycles. The van der Waals surface area contributed by atoms with Gasteiger partial charge in [0.1, 0.15) is 5.75 Å². The van der Waals surface area contributed by atoms with Crippen molar-refractivity contribution in [2.24, 2.45) is 11.0 Å². The van der Waals surface area contributed by atoms with Crippen LogP contribution in [0.5, 0.6) is 5.75 Å². The van der Waals surface area contributed by atoms with E-state index in [-0.39, 0.29) is 6.04 Å². The first kappa shape index (κ1) is 15.8. The third-order valence-electron chi connectivity index (χ3n) is 3.27. The number of hydrogen-bond acceptors (Lipinski definition) is 3. The summed E-state index contributed by atoms with van der Waals surface area (Å²) in [5, 5.41) is 0. The zero-order valence-corrected chi connectivity index (χ0v) is 12.8. The molecule has 7 heteroatoms. The van der Waals surface area contributed by atoms with E-state index in [1.165, 1.54) is 6.92 Å². The maximum Gasteiger partial charge on any atom is 0.308 e. The van der Waals surface area contributed by atoms with Crippen LogP contribution < -0.4 is 20.4 Å². The second kappa shape index (κ2) is 6.43. The number of allylic oxidation sites excluding steroid dienone is 1. The molecule has 1 atom stereocenters. The van der Waals surface area contributed by atoms with E-state index in [0.29, 0.717) is 11.4 Å². The number of anilines is 1. The van der Waals surface area contributed by atoms with Crippen LogP contribution in [0.2, 0.25) is 0 Å². The van der Waals surface area contributed by atoms with Crippen molar-refractivity contribution in [2.45, 2.75) is 32.2 Å². The van der Waals surface area contributed by atoms with E-state index in [1.54, 1.807) is 28.9 Å². The molecule has 0 saturated heterocycles. The molecule has 0 aliphatic heterocycles. The molecule has 114 valence electrons. The largest absolute Gasteiger partial charge is 0.427 e. The van der Waals surface area contributed by atoms with Crippen LogP contribution in [0.15, 0.2) is 36.4 Å². The van der Waals surface area contributed by atoms with E-state index in [2.05, 4.69) is 6.08 Å². The first-order valence-electron chi connectivity index (χ1n) is 6.78. The Hall–Kier alpha value is -1.62. The van der Waals surface area contributed by atoms with Crippen molar-refractivity contribution in [1.82, 2.24) is 0 Å². The number of nitrogens with two attached hydrogens (primary N) is 2. The summed E-state index contributed by atoms with van der Waals surface area (Å²) in [7, 11) is -3.46. The minimum absolute atomic E-state index is 0.0246. The van der Waals surface area contributed by atoms with Gasteiger partial charge in [-0.1, -0.05) is 18.2 Å². The van der Waals surface area contributed by atoms with Crippen molar-refractivity contribution in [3.63, 3.8) is 0 Å². The van der Waals surface area contributed by atoms with E-state index in [0.717, 1.165) is 19.3 Å². The molecule has 0 heterocycles. The lowest BCUT2D eigenvalue weighted by Crippen LogP contribution is -2.38. The highest BCUT2D eigenvalue weighted by Crippen LogP contribution is 2.43. The van der Waals surface area contributed by atoms with Crippen molar-refractivity contribution in [3.05, 3.63) is 36.4 Å². The third-order valence-corrected chi connectivity index (χ3v) is 4.50. The van der Waals surface area contributed by atoms with Gasteiger partial charge in [-0.15, -0.1) is 0 Å². The van der Waals surface area contributed by atoms with E-state index in [4.69, 9.17) is 15.7 Å². The van der Waals surface area contributed by atoms with Crippen LogP contribution in [0.1, 0.15) is 26.2 Å². The predicted octanol–water partition coefficient (Wildman–Crippen LogP) is 2.55. The summed E-state index contributed by atoms with van der Waals surface area (Å²) in [6.07, 6.45) is 6.57. The maximum atomic E-state index is 12.3. The molecule has 0 amide bonds. The Bertz CT molecular complexity index is 597. The van der Waals surface area contributed by atoms with Gasteiger partial charge < -0.3 is 4.74 Å². The highest BCUT2D eigenvalue weighted by atomic mass is 31.2. The fourth-order valence-electron chi connectivity index (χ4n) is 2.50. The summed E-state index contributed by atoms with van der Waals surface area (Å²) in [6.45, 7) is 1.33. The number of ether oxygens (including phenoxy) is 1. The number of hydrogen-bond donors (Lipinski definition) is 2. The summed E-state index contributed by atoms with van der Waals surface area (Å²) in [5.74, 6) is -0.0345. The van der Waals surface area contributed by atoms with Gasteiger partial charge in [-0.25, -0.2) is 0 Å². The molecule has 4 N–H and O–H groups in total. The number of rotatable bonds is 4. The number of carbonyl (C=O) groups excluding carboxylic acids is 1. The molecule has 0 radical (unpaired) electrons. The summed E-state index contributed by atoms with van der Waals surface area (Å²) in [6, 6.07) is 6.74. The van der Waals surface area contributed by atoms with E-state index < -0.39 is 13.6 Å². The Labute approximate surface area is 124 Å². The van der Waals surface area contributed by atoms with Crippen molar-refractivity contribution >= 4 is 19.3 Å². The molecule has 1 unspecified atom stereocenters. The molecule has 0 saturated carbocycles. The second-order valence-electron chi connectivity index (χ2n) is 5.05. The highest BCUT2D eigenvalue weighted by molar-refractivity contribution is 7.60. The average molecular weight is 309 g/mol. The summed E-state index contributed by atoms with van der Waals surface area (Å²) >= 11 is 0. The van der Waals surface area contributed by atoms with Gasteiger partial charge in [0.2, 0.25) is 0 Å². The number of esters is 1. The highest BCUT2D eigenvalue weighted by Gasteiger charge is 2.30. The van der Waals surface area contributed by atoms with Crippen LogP contribution in [-0.2, 0) is 9.36 Å². The second-order valence-corrected chi connectivity index (χ2v) is 6.82. The van der Waals surface area contributed by atoms with Gasteiger partial charge in [-0.3, -0.25) is 25.0 Å². The molecular formula is C14H20N3O3P. The Morgan fingerprint density at radius 3 is 2.71 bits per heavy atom. The van der Waals surface area contributed by atoms with Crippen LogP contribution >= 0.6 is 7.59 Å². The lowest BCUT2D eigenvalue weighted by Gasteiger charge is -2.36. The molecule has 0 aromatic heterocycles. The van der Waals surface area contributed by atoms with E-state index >= 15 is 0 Å². The molecule has 6 nitrogen and oxygen atoms in total. The van der Waals surface area contributed by atoms with Crippen LogP contribution in [-0.4, -0.2) is 12.0 Å². The van der Waals surface area contributed by atoms with Crippen LogP contribution in [0.4, 0.5) is 5.69 Å². The minimum Gasteiger partial charge on any atom is -0.427 e. The molecule has 1 aromatic carbocycles. The van der Waals surface area contributed by atoms with Crippen molar-refractivity contribution in [1.29, 1.82) is 0 Å². The molecular weight excluding hydrogens is 289 g/mol. The lowest BCUT2D eigenvalue weighted by molar-refractivity contribution is -0.131. The van der Waals surface area contributed by atoms with Gasteiger partial charge in [0.05, 0.1) is 0 Å². The Morgan fingerprint density at radius 2 is 2.14 bits per heavy atom. The van der Waals surface area contributed by atoms with E-state index in [9.17, 15) is 9.36 Å². The predicted molar refractivity (Wildman–Crippen MR) is 83.0 cm³/mol. The summed E-state index contributed by atoms with van der Waals surface area (Å²) in [4.78, 5) is 11.0. The zero-order valence-electron chi connectivity index (χ0n) is 11.9. The molecule has 1 aliphatic rings. The normalized spacial score (nSPS) is 18.3. The molecule has 0 fully saturated rings. The summed E-state index contributed by atoms with van der Waals surface area (Å²) in [5.41, 5.74) is 12.0. The van der Waals surface area contributed by atoms with Crippen LogP contribution in [0.3, 0.4) is 0 Å². The SMILES string of the molecule is CC(=O)Oc1cccc(N(C2CC=CCC2)P(N)(N)=O)c1. The lowest BCUT2D eigenvalue weighted by atomic mass is 10.0. The summed E-state index contributed by atoms with van der Waals surface area (Å²) < 4.78 is 18.9. The monoisotopic (exact) mass is 309 g/mol. The van der Waals surface area contributed by atoms with Gasteiger partial charge in [0.15, 0.2) is 0 Å².